The molecule has 6 aromatic rings. The van der Waals surface area contributed by atoms with Crippen molar-refractivity contribution >= 4 is 67.9 Å². The van der Waals surface area contributed by atoms with Gasteiger partial charge >= 0.3 is 0 Å². The summed E-state index contributed by atoms with van der Waals surface area (Å²) >= 11 is 10.1. The van der Waals surface area contributed by atoms with Gasteiger partial charge in [0.2, 0.25) is 0 Å². The number of nitrogens with zero attached hydrogens (tertiary/aromatic N) is 4. The molecule has 0 radical (unpaired) electrons. The topological polar surface area (TPSA) is 169 Å². The van der Waals surface area contributed by atoms with Crippen LogP contribution in [-0.2, 0) is 25.9 Å². The fourth-order valence-corrected chi connectivity index (χ4v) is 6.07. The van der Waals surface area contributed by atoms with Crippen LogP contribution in [0.25, 0.3) is 22.1 Å². The number of ether oxygens (including phenoxy) is 2. The van der Waals surface area contributed by atoms with Crippen LogP contribution < -0.4 is 26.7 Å². The molecular weight excluding hydrogens is 751 g/mol. The van der Waals surface area contributed by atoms with Gasteiger partial charge in [-0.15, -0.1) is 0 Å². The van der Waals surface area contributed by atoms with Crippen LogP contribution in [0.3, 0.4) is 0 Å². The first-order valence-electron chi connectivity index (χ1n) is 18.4. The van der Waals surface area contributed by atoms with Crippen molar-refractivity contribution < 1.29 is 9.47 Å². The second-order valence-electron chi connectivity index (χ2n) is 12.3. The number of thiocarbonyl (C=S) groups is 2. The predicted octanol–water partition coefficient (Wildman–Crippen LogP) is 9.61. The maximum absolute atomic E-state index is 5.87. The second-order valence-corrected chi connectivity index (χ2v) is 13.1. The van der Waals surface area contributed by atoms with Gasteiger partial charge in [-0.05, 0) is 140 Å². The molecule has 0 spiro atoms. The van der Waals surface area contributed by atoms with Gasteiger partial charge in [-0.2, -0.15) is 0 Å². The Bertz CT molecular complexity index is 2100. The molecule has 8 N–H and O–H groups in total. The molecule has 0 saturated heterocycles. The molecule has 0 aliphatic heterocycles. The van der Waals surface area contributed by atoms with E-state index in [1.54, 1.807) is 26.5 Å². The third kappa shape index (κ3) is 16.1. The lowest BCUT2D eigenvalue weighted by atomic mass is 10.0. The summed E-state index contributed by atoms with van der Waals surface area (Å²) in [7, 11) is 3.30. The molecule has 11 nitrogen and oxygen atoms in total. The van der Waals surface area contributed by atoms with Gasteiger partial charge in [0, 0.05) is 59.0 Å². The average molecular weight is 814 g/mol. The third-order valence-corrected chi connectivity index (χ3v) is 9.47. The van der Waals surface area contributed by atoms with Crippen molar-refractivity contribution in [2.75, 3.05) is 45.3 Å². The lowest BCUT2D eigenvalue weighted by molar-refractivity contribution is 0.321. The molecule has 0 atom stereocenters. The van der Waals surface area contributed by atoms with Crippen molar-refractivity contribution in [3.63, 3.8) is 0 Å². The summed E-state index contributed by atoms with van der Waals surface area (Å²) in [6.07, 6.45) is 10.9. The summed E-state index contributed by atoms with van der Waals surface area (Å²) in [6.45, 7) is 11.1. The van der Waals surface area contributed by atoms with Crippen LogP contribution >= 0.6 is 24.4 Å². The Hall–Kier alpha value is -5.17. The van der Waals surface area contributed by atoms with Crippen LogP contribution in [0.2, 0.25) is 0 Å². The van der Waals surface area contributed by atoms with E-state index >= 15 is 0 Å². The molecule has 6 rings (SSSR count). The van der Waals surface area contributed by atoms with Crippen molar-refractivity contribution in [3.05, 3.63) is 108 Å². The van der Waals surface area contributed by atoms with E-state index in [0.29, 0.717) is 18.8 Å². The van der Waals surface area contributed by atoms with Crippen LogP contribution in [0.4, 0.5) is 11.4 Å². The second kappa shape index (κ2) is 27.4. The minimum Gasteiger partial charge on any atom is -0.496 e. The van der Waals surface area contributed by atoms with E-state index in [2.05, 4.69) is 80.1 Å². The zero-order valence-corrected chi connectivity index (χ0v) is 34.2. The van der Waals surface area contributed by atoms with Crippen LogP contribution in [-0.4, -0.2) is 68.7 Å². The van der Waals surface area contributed by atoms with Gasteiger partial charge in [0.15, 0.2) is 0 Å². The lowest BCUT2D eigenvalue weighted by Gasteiger charge is -2.13. The Morgan fingerprint density at radius 3 is 1.67 bits per heavy atom. The van der Waals surface area contributed by atoms with E-state index in [9.17, 15) is 0 Å². The minimum absolute atomic E-state index is 0. The number of aryl methyl sites for hydroxylation is 2. The molecule has 57 heavy (non-hydrogen) atoms. The molecule has 0 aliphatic rings. The van der Waals surface area contributed by atoms with Crippen molar-refractivity contribution in [1.29, 1.82) is 0 Å². The number of hydrogen-bond acceptors (Lipinski definition) is 11. The summed E-state index contributed by atoms with van der Waals surface area (Å²) in [6, 6.07) is 19.2. The molecule has 308 valence electrons. The summed E-state index contributed by atoms with van der Waals surface area (Å²) in [4.78, 5) is 22.0. The summed E-state index contributed by atoms with van der Waals surface area (Å²) in [5.74, 6) is 1.66. The number of nitrogens with one attached hydrogen (secondary N) is 2. The number of hydrogen-bond donors (Lipinski definition) is 5. The van der Waals surface area contributed by atoms with Crippen LogP contribution in [0.15, 0.2) is 90.4 Å². The Kier molecular flexibility index (Phi) is 24.0. The number of nitrogen functional groups attached to an aromatic ring is 2. The highest BCUT2D eigenvalue weighted by atomic mass is 32.1. The van der Waals surface area contributed by atoms with E-state index in [4.69, 9.17) is 38.9 Å². The molecule has 4 aromatic heterocycles. The van der Waals surface area contributed by atoms with Gasteiger partial charge in [-0.25, -0.2) is 15.0 Å². The number of aromatic nitrogens is 4. The predicted molar refractivity (Wildman–Crippen MR) is 250 cm³/mol. The Labute approximate surface area is 350 Å². The van der Waals surface area contributed by atoms with Crippen LogP contribution in [0.1, 0.15) is 70.7 Å². The van der Waals surface area contributed by atoms with E-state index in [-0.39, 0.29) is 14.9 Å². The molecule has 13 heteroatoms. The average Bonchev–Trinajstić information content (AvgIpc) is 3.91. The molecule has 0 unspecified atom stereocenters. The third-order valence-electron chi connectivity index (χ3n) is 8.93. The van der Waals surface area contributed by atoms with Crippen molar-refractivity contribution in [1.82, 2.24) is 24.8 Å². The number of pyridine rings is 2. The molecular formula is C44H63N9O2S2. The molecule has 0 bridgehead atoms. The fraction of sp³-hybridized carbons (Fsp3) is 0.364. The van der Waals surface area contributed by atoms with Crippen molar-refractivity contribution in [2.24, 2.45) is 10.7 Å². The summed E-state index contributed by atoms with van der Waals surface area (Å²) in [5, 5.41) is 4.62. The number of isothiocyanates is 1. The highest BCUT2D eigenvalue weighted by Crippen LogP contribution is 2.24. The normalized spacial score (nSPS) is 9.95. The maximum atomic E-state index is 5.87. The van der Waals surface area contributed by atoms with Gasteiger partial charge in [0.05, 0.1) is 25.9 Å². The molecule has 0 amide bonds. The summed E-state index contributed by atoms with van der Waals surface area (Å²) in [5.41, 5.74) is 24.6. The van der Waals surface area contributed by atoms with Crippen LogP contribution in [0, 0.1) is 0 Å². The Morgan fingerprint density at radius 1 is 0.719 bits per heavy atom. The zero-order valence-electron chi connectivity index (χ0n) is 32.6. The standard InChI is InChI=1S/C19H21N3OS.C9H7N3S.C8H12N2O.C6H15N.2CH4/c1-23-18-7-4-15(20)12-14(18)3-6-16(24)5-2-13-8-10-21-19-17(13)9-11-22-19;13-6-10-5-7-1-3-11-9-8(7)2-4-12-9;1-11-8-3-2-7(10)4-6(8)5-9;1-4-7(5-2)6-3;;/h4,7-12H,2-3,5-6,20H2,1H3,(H,21,22);1-4H,5H2,(H,11,12);2-4H,5,9-10H2,1H3;4-6H2,1-3H3;2*1H4. The van der Waals surface area contributed by atoms with Gasteiger partial charge in [0.1, 0.15) is 22.8 Å². The van der Waals surface area contributed by atoms with Gasteiger partial charge < -0.3 is 41.5 Å². The smallest absolute Gasteiger partial charge is 0.137 e. The van der Waals surface area contributed by atoms with Gasteiger partial charge in [0.25, 0.3) is 0 Å². The van der Waals surface area contributed by atoms with Gasteiger partial charge in [-0.3, -0.25) is 0 Å². The number of anilines is 2. The maximum Gasteiger partial charge on any atom is 0.137 e. The van der Waals surface area contributed by atoms with E-state index in [0.717, 1.165) is 81.1 Å². The molecule has 0 fully saturated rings. The number of aromatic amines is 2. The first-order chi connectivity index (χ1) is 26.7. The Balaban J connectivity index is 0.000000418. The number of aliphatic imine (C=N–C) groups is 1. The van der Waals surface area contributed by atoms with E-state index < -0.39 is 0 Å². The van der Waals surface area contributed by atoms with E-state index in [1.165, 1.54) is 30.6 Å². The summed E-state index contributed by atoms with van der Waals surface area (Å²) < 4.78 is 10.4. The molecule has 0 aliphatic carbocycles. The first-order valence-corrected chi connectivity index (χ1v) is 19.2. The number of H-pyrrole nitrogens is 2. The van der Waals surface area contributed by atoms with Gasteiger partial charge in [-0.1, -0.05) is 47.8 Å². The highest BCUT2D eigenvalue weighted by Gasteiger charge is 2.08. The number of rotatable bonds is 14. The number of fused-ring (bicyclic) bond motifs is 2. The quantitative estimate of drug-likeness (QED) is 0.0406. The monoisotopic (exact) mass is 813 g/mol. The van der Waals surface area contributed by atoms with Crippen molar-refractivity contribution in [3.8, 4) is 11.5 Å². The fourth-order valence-electron chi connectivity index (χ4n) is 5.81. The van der Waals surface area contributed by atoms with Crippen LogP contribution in [0.5, 0.6) is 11.5 Å². The molecule has 0 saturated carbocycles. The number of nitrogens with two attached hydrogens (primary N) is 3. The molecule has 4 heterocycles. The van der Waals surface area contributed by atoms with Crippen molar-refractivity contribution in [2.45, 2.75) is 74.4 Å². The highest BCUT2D eigenvalue weighted by molar-refractivity contribution is 7.80. The SMILES string of the molecule is C.C.CCN(CC)CC.COc1ccc(N)cc1CCC(=S)CCc1ccnc2[nH]ccc12.COc1ccc(N)cc1CN.S=C=NCc1ccnc2[nH]ccc12. The van der Waals surface area contributed by atoms with E-state index in [1.807, 2.05) is 61.1 Å². The first kappa shape index (κ1) is 49.8. The molecule has 2 aromatic carbocycles. The minimum atomic E-state index is 0. The number of methoxy groups -OCH3 is 2. The zero-order chi connectivity index (χ0) is 40.0. The number of benzene rings is 2. The largest absolute Gasteiger partial charge is 0.496 e. The lowest BCUT2D eigenvalue weighted by Crippen LogP contribution is -2.21. The Morgan fingerprint density at radius 2 is 1.19 bits per heavy atom.